The van der Waals surface area contributed by atoms with Crippen molar-refractivity contribution in [3.05, 3.63) is 58.1 Å². The maximum atomic E-state index is 6.53. The average molecular weight is 316 g/mol. The van der Waals surface area contributed by atoms with Crippen LogP contribution in [0.5, 0.6) is 11.5 Å². The third kappa shape index (κ3) is 2.08. The average Bonchev–Trinajstić information content (AvgIpc) is 3.10. The number of ether oxygens (including phenoxy) is 2. The molecule has 2 aromatic rings. The van der Waals surface area contributed by atoms with Crippen molar-refractivity contribution in [1.82, 2.24) is 4.90 Å². The van der Waals surface area contributed by atoms with Gasteiger partial charge in [-0.25, -0.2) is 0 Å². The summed E-state index contributed by atoms with van der Waals surface area (Å²) in [6.07, 6.45) is 1.03. The summed E-state index contributed by atoms with van der Waals surface area (Å²) < 4.78 is 10.9. The first kappa shape index (κ1) is 13.9. The first-order valence-electron chi connectivity index (χ1n) is 7.49. The van der Waals surface area contributed by atoms with E-state index in [0.29, 0.717) is 12.0 Å². The maximum Gasteiger partial charge on any atom is 0.231 e. The van der Waals surface area contributed by atoms with Gasteiger partial charge in [0.1, 0.15) is 0 Å². The molecule has 2 aromatic carbocycles. The summed E-state index contributed by atoms with van der Waals surface area (Å²) in [5, 5.41) is 0.753. The Kier molecular flexibility index (Phi) is 3.28. The zero-order valence-electron chi connectivity index (χ0n) is 12.7. The molecule has 0 spiro atoms. The van der Waals surface area contributed by atoms with E-state index in [0.717, 1.165) is 28.5 Å². The van der Waals surface area contributed by atoms with E-state index in [-0.39, 0.29) is 6.79 Å². The lowest BCUT2D eigenvalue weighted by molar-refractivity contribution is 0.174. The van der Waals surface area contributed by atoms with Gasteiger partial charge in [0.2, 0.25) is 6.79 Å². The lowest BCUT2D eigenvalue weighted by Crippen LogP contribution is -2.17. The van der Waals surface area contributed by atoms with E-state index in [2.05, 4.69) is 43.3 Å². The molecule has 0 aromatic heterocycles. The van der Waals surface area contributed by atoms with Gasteiger partial charge in [-0.1, -0.05) is 35.9 Å². The molecule has 0 bridgehead atoms. The molecule has 1 aliphatic heterocycles. The predicted molar refractivity (Wildman–Crippen MR) is 86.9 cm³/mol. The van der Waals surface area contributed by atoms with Crippen LogP contribution in [0.1, 0.15) is 35.1 Å². The molecule has 3 nitrogen and oxygen atoms in total. The van der Waals surface area contributed by atoms with Crippen LogP contribution < -0.4 is 9.47 Å². The number of halogens is 1. The molecule has 0 N–H and O–H groups in total. The van der Waals surface area contributed by atoms with Crippen molar-refractivity contribution < 1.29 is 9.47 Å². The molecule has 0 saturated carbocycles. The van der Waals surface area contributed by atoms with Gasteiger partial charge >= 0.3 is 0 Å². The van der Waals surface area contributed by atoms with E-state index in [1.165, 1.54) is 11.1 Å². The van der Waals surface area contributed by atoms with Crippen LogP contribution in [0.4, 0.5) is 0 Å². The topological polar surface area (TPSA) is 21.7 Å². The summed E-state index contributed by atoms with van der Waals surface area (Å²) >= 11 is 6.53. The number of fused-ring (bicyclic) bond motifs is 2. The van der Waals surface area contributed by atoms with Gasteiger partial charge in [-0.05, 0) is 43.3 Å². The zero-order valence-corrected chi connectivity index (χ0v) is 13.4. The number of rotatable bonds is 2. The third-order valence-corrected chi connectivity index (χ3v) is 5.01. The summed E-state index contributed by atoms with van der Waals surface area (Å²) in [5.41, 5.74) is 3.89. The Morgan fingerprint density at radius 3 is 2.41 bits per heavy atom. The van der Waals surface area contributed by atoms with E-state index in [4.69, 9.17) is 21.1 Å². The van der Waals surface area contributed by atoms with E-state index >= 15 is 0 Å². The zero-order chi connectivity index (χ0) is 15.3. The minimum Gasteiger partial charge on any atom is -0.454 e. The number of nitrogens with zero attached hydrogens (tertiary/aromatic N) is 1. The van der Waals surface area contributed by atoms with Crippen molar-refractivity contribution in [3.8, 4) is 11.5 Å². The second kappa shape index (κ2) is 5.18. The standard InChI is InChI=1S/C18H18ClNO2/c1-20(2)16-7-13(11-5-3-4-6-12(11)16)14-8-17-18(9-15(14)19)22-10-21-17/h3-6,8-9,13,16H,7,10H2,1-2H3/t13-,16-/m1/s1. The van der Waals surface area contributed by atoms with Crippen LogP contribution in [0, 0.1) is 0 Å². The molecule has 1 heterocycles. The molecular formula is C18H18ClNO2. The van der Waals surface area contributed by atoms with Crippen LogP contribution >= 0.6 is 11.6 Å². The molecule has 4 heteroatoms. The SMILES string of the molecule is CN(C)[C@@H]1C[C@@H](c2cc3c(cc2Cl)OCO3)c2ccccc21. The molecule has 4 rings (SSSR count). The van der Waals surface area contributed by atoms with Crippen LogP contribution in [-0.4, -0.2) is 25.8 Å². The quantitative estimate of drug-likeness (QED) is 0.828. The van der Waals surface area contributed by atoms with Gasteiger partial charge < -0.3 is 14.4 Å². The normalized spacial score (nSPS) is 22.2. The first-order chi connectivity index (χ1) is 10.6. The molecule has 2 atom stereocenters. The van der Waals surface area contributed by atoms with Gasteiger partial charge in [0, 0.05) is 23.0 Å². The molecule has 0 saturated heterocycles. The summed E-state index contributed by atoms with van der Waals surface area (Å²) in [6.45, 7) is 0.274. The van der Waals surface area contributed by atoms with Gasteiger partial charge in [-0.2, -0.15) is 0 Å². The van der Waals surface area contributed by atoms with Crippen LogP contribution in [0.25, 0.3) is 0 Å². The number of benzene rings is 2. The summed E-state index contributed by atoms with van der Waals surface area (Å²) in [5.74, 6) is 1.83. The minimum atomic E-state index is 0.274. The Hall–Kier alpha value is -1.71. The molecule has 0 amide bonds. The Balaban J connectivity index is 1.81. The fraction of sp³-hybridized carbons (Fsp3) is 0.333. The highest BCUT2D eigenvalue weighted by atomic mass is 35.5. The van der Waals surface area contributed by atoms with Crippen molar-refractivity contribution in [2.24, 2.45) is 0 Å². The van der Waals surface area contributed by atoms with Gasteiger partial charge in [0.15, 0.2) is 11.5 Å². The summed E-state index contributed by atoms with van der Waals surface area (Å²) in [6, 6.07) is 13.0. The Labute approximate surface area is 135 Å². The van der Waals surface area contributed by atoms with Gasteiger partial charge in [0.05, 0.1) is 0 Å². The van der Waals surface area contributed by atoms with Crippen molar-refractivity contribution in [2.45, 2.75) is 18.4 Å². The predicted octanol–water partition coefficient (Wildman–Crippen LogP) is 4.21. The van der Waals surface area contributed by atoms with Crippen molar-refractivity contribution >= 4 is 11.6 Å². The highest BCUT2D eigenvalue weighted by Crippen LogP contribution is 2.49. The molecule has 0 radical (unpaired) electrons. The second-order valence-electron chi connectivity index (χ2n) is 6.12. The third-order valence-electron chi connectivity index (χ3n) is 4.68. The summed E-state index contributed by atoms with van der Waals surface area (Å²) in [7, 11) is 4.26. The first-order valence-corrected chi connectivity index (χ1v) is 7.87. The number of hydrogen-bond acceptors (Lipinski definition) is 3. The highest BCUT2D eigenvalue weighted by Gasteiger charge is 2.34. The smallest absolute Gasteiger partial charge is 0.231 e. The van der Waals surface area contributed by atoms with Gasteiger partial charge in [-0.3, -0.25) is 0 Å². The molecule has 114 valence electrons. The van der Waals surface area contributed by atoms with E-state index in [9.17, 15) is 0 Å². The summed E-state index contributed by atoms with van der Waals surface area (Å²) in [4.78, 5) is 2.28. The Morgan fingerprint density at radius 1 is 1.00 bits per heavy atom. The maximum absolute atomic E-state index is 6.53. The Bertz CT molecular complexity index is 729. The van der Waals surface area contributed by atoms with E-state index < -0.39 is 0 Å². The van der Waals surface area contributed by atoms with Gasteiger partial charge in [0.25, 0.3) is 0 Å². The van der Waals surface area contributed by atoms with E-state index in [1.54, 1.807) is 0 Å². The fourth-order valence-electron chi connectivity index (χ4n) is 3.59. The highest BCUT2D eigenvalue weighted by molar-refractivity contribution is 6.31. The van der Waals surface area contributed by atoms with Crippen LogP contribution in [-0.2, 0) is 0 Å². The molecule has 0 unspecified atom stereocenters. The largest absolute Gasteiger partial charge is 0.454 e. The number of hydrogen-bond donors (Lipinski definition) is 0. The Morgan fingerprint density at radius 2 is 1.68 bits per heavy atom. The van der Waals surface area contributed by atoms with Crippen molar-refractivity contribution in [2.75, 3.05) is 20.9 Å². The molecule has 0 fully saturated rings. The van der Waals surface area contributed by atoms with Crippen molar-refractivity contribution in [1.29, 1.82) is 0 Å². The van der Waals surface area contributed by atoms with Crippen molar-refractivity contribution in [3.63, 3.8) is 0 Å². The minimum absolute atomic E-state index is 0.274. The fourth-order valence-corrected chi connectivity index (χ4v) is 3.88. The lowest BCUT2D eigenvalue weighted by Gasteiger charge is -2.20. The van der Waals surface area contributed by atoms with Gasteiger partial charge in [-0.15, -0.1) is 0 Å². The lowest BCUT2D eigenvalue weighted by atomic mass is 9.92. The van der Waals surface area contributed by atoms with Crippen LogP contribution in [0.2, 0.25) is 5.02 Å². The molecule has 1 aliphatic carbocycles. The second-order valence-corrected chi connectivity index (χ2v) is 6.53. The van der Waals surface area contributed by atoms with Crippen LogP contribution in [0.3, 0.4) is 0 Å². The monoisotopic (exact) mass is 315 g/mol. The van der Waals surface area contributed by atoms with E-state index in [1.807, 2.05) is 12.1 Å². The molecule has 2 aliphatic rings. The molecular weight excluding hydrogens is 298 g/mol. The van der Waals surface area contributed by atoms with Crippen LogP contribution in [0.15, 0.2) is 36.4 Å². The molecule has 22 heavy (non-hydrogen) atoms.